The molecule has 0 aliphatic rings. The number of hydrogen-bond acceptors (Lipinski definition) is 7. The Balaban J connectivity index is 5.29. The molecule has 0 rings (SSSR count). The van der Waals surface area contributed by atoms with Gasteiger partial charge < -0.3 is 31.9 Å². The molecule has 5 atom stereocenters. The van der Waals surface area contributed by atoms with Gasteiger partial charge in [-0.15, -0.1) is 0 Å². The van der Waals surface area contributed by atoms with Crippen LogP contribution in [0.1, 0.15) is 41.0 Å². The number of nitrogens with one attached hydrogen (secondary N) is 3. The van der Waals surface area contributed by atoms with E-state index in [0.717, 1.165) is 0 Å². The average Bonchev–Trinajstić information content (AvgIpc) is 2.64. The second kappa shape index (κ2) is 13.5. The van der Waals surface area contributed by atoms with Crippen molar-refractivity contribution in [3.05, 3.63) is 0 Å². The van der Waals surface area contributed by atoms with Crippen molar-refractivity contribution >= 4 is 35.5 Å². The number of aliphatic hydroxyl groups excluding tert-OH is 1. The van der Waals surface area contributed by atoms with Gasteiger partial charge in [-0.2, -0.15) is 11.8 Å². The van der Waals surface area contributed by atoms with Crippen LogP contribution < -0.4 is 21.7 Å². The minimum absolute atomic E-state index is 0.318. The van der Waals surface area contributed by atoms with E-state index in [2.05, 4.69) is 16.0 Å². The lowest BCUT2D eigenvalue weighted by atomic mass is 10.0. The lowest BCUT2D eigenvalue weighted by Gasteiger charge is -2.28. The third-order valence-electron chi connectivity index (χ3n) is 4.51. The first-order chi connectivity index (χ1) is 13.8. The van der Waals surface area contributed by atoms with Gasteiger partial charge in [0.1, 0.15) is 18.1 Å². The molecule has 174 valence electrons. The van der Waals surface area contributed by atoms with Crippen LogP contribution in [0.3, 0.4) is 0 Å². The fraction of sp³-hybridized carbons (Fsp3) is 0.789. The number of hydrogen-bond donors (Lipinski definition) is 6. The summed E-state index contributed by atoms with van der Waals surface area (Å²) in [5.41, 5.74) is 5.84. The molecular formula is C19H36N4O6S. The van der Waals surface area contributed by atoms with Crippen LogP contribution in [0, 0.1) is 11.8 Å². The molecule has 11 heteroatoms. The summed E-state index contributed by atoms with van der Waals surface area (Å²) in [7, 11) is 0. The normalized spacial score (nSPS) is 16.3. The number of carbonyl (C=O) groups is 4. The SMILES string of the molecule is CSCCC(N)C(=O)NC(C(=O)NC(C(=O)NC(C(=O)O)C(C)C)C(C)O)C(C)C. The Morgan fingerprint density at radius 2 is 1.27 bits per heavy atom. The molecule has 0 aromatic rings. The lowest BCUT2D eigenvalue weighted by Crippen LogP contribution is -2.61. The molecule has 7 N–H and O–H groups in total. The Kier molecular flexibility index (Phi) is 12.6. The Labute approximate surface area is 182 Å². The van der Waals surface area contributed by atoms with Gasteiger partial charge in [0.2, 0.25) is 17.7 Å². The number of carboxylic acid groups (broad SMARTS) is 1. The zero-order chi connectivity index (χ0) is 23.6. The highest BCUT2D eigenvalue weighted by atomic mass is 32.2. The first kappa shape index (κ1) is 28.1. The van der Waals surface area contributed by atoms with Crippen LogP contribution in [0.5, 0.6) is 0 Å². The van der Waals surface area contributed by atoms with Gasteiger partial charge in [-0.25, -0.2) is 4.79 Å². The summed E-state index contributed by atoms with van der Waals surface area (Å²) in [5, 5.41) is 26.6. The molecule has 10 nitrogen and oxygen atoms in total. The van der Waals surface area contributed by atoms with E-state index in [1.54, 1.807) is 39.5 Å². The first-order valence-corrected chi connectivity index (χ1v) is 11.3. The molecule has 0 aliphatic heterocycles. The van der Waals surface area contributed by atoms with Gasteiger partial charge in [-0.05, 0) is 37.2 Å². The second-order valence-corrected chi connectivity index (χ2v) is 8.90. The van der Waals surface area contributed by atoms with Crippen molar-refractivity contribution in [2.24, 2.45) is 17.6 Å². The number of rotatable bonds is 13. The van der Waals surface area contributed by atoms with Crippen LogP contribution in [0.2, 0.25) is 0 Å². The summed E-state index contributed by atoms with van der Waals surface area (Å²) in [4.78, 5) is 48.9. The van der Waals surface area contributed by atoms with E-state index in [9.17, 15) is 29.4 Å². The standard InChI is InChI=1S/C19H36N4O6S/c1-9(2)13(21-16(25)12(20)7-8-30-6)17(26)23-15(11(5)24)18(27)22-14(10(3)4)19(28)29/h9-15,24H,7-8,20H2,1-6H3,(H,21,25)(H,22,27)(H,23,26)(H,28,29). The van der Waals surface area contributed by atoms with Crippen molar-refractivity contribution in [3.63, 3.8) is 0 Å². The van der Waals surface area contributed by atoms with E-state index in [4.69, 9.17) is 5.73 Å². The zero-order valence-electron chi connectivity index (χ0n) is 18.5. The van der Waals surface area contributed by atoms with Crippen LogP contribution in [0.15, 0.2) is 0 Å². The van der Waals surface area contributed by atoms with Crippen LogP contribution in [0.4, 0.5) is 0 Å². The molecule has 0 radical (unpaired) electrons. The van der Waals surface area contributed by atoms with E-state index in [1.165, 1.54) is 6.92 Å². The largest absolute Gasteiger partial charge is 0.480 e. The summed E-state index contributed by atoms with van der Waals surface area (Å²) in [5.74, 6) is -3.23. The fourth-order valence-electron chi connectivity index (χ4n) is 2.58. The van der Waals surface area contributed by atoms with E-state index < -0.39 is 59.9 Å². The van der Waals surface area contributed by atoms with Gasteiger partial charge in [0, 0.05) is 0 Å². The van der Waals surface area contributed by atoms with E-state index in [0.29, 0.717) is 12.2 Å². The zero-order valence-corrected chi connectivity index (χ0v) is 19.3. The Morgan fingerprint density at radius 3 is 1.67 bits per heavy atom. The number of carboxylic acids is 1. The molecule has 0 spiro atoms. The highest BCUT2D eigenvalue weighted by molar-refractivity contribution is 7.98. The van der Waals surface area contributed by atoms with Gasteiger partial charge in [0.25, 0.3) is 0 Å². The Bertz CT molecular complexity index is 600. The third-order valence-corrected chi connectivity index (χ3v) is 5.15. The average molecular weight is 449 g/mol. The number of nitrogens with two attached hydrogens (primary N) is 1. The van der Waals surface area contributed by atoms with Gasteiger partial charge >= 0.3 is 5.97 Å². The molecule has 0 saturated carbocycles. The smallest absolute Gasteiger partial charge is 0.326 e. The van der Waals surface area contributed by atoms with E-state index in [-0.39, 0.29) is 5.92 Å². The quantitative estimate of drug-likeness (QED) is 0.215. The molecule has 0 aliphatic carbocycles. The summed E-state index contributed by atoms with van der Waals surface area (Å²) in [6.07, 6.45) is 1.05. The molecule has 0 fully saturated rings. The molecule has 5 unspecified atom stereocenters. The van der Waals surface area contributed by atoms with Crippen LogP contribution >= 0.6 is 11.8 Å². The van der Waals surface area contributed by atoms with Crippen molar-refractivity contribution in [2.45, 2.75) is 71.3 Å². The van der Waals surface area contributed by atoms with E-state index >= 15 is 0 Å². The predicted octanol–water partition coefficient (Wildman–Crippen LogP) is -0.701. The maximum Gasteiger partial charge on any atom is 0.326 e. The second-order valence-electron chi connectivity index (χ2n) is 7.91. The highest BCUT2D eigenvalue weighted by Crippen LogP contribution is 2.07. The predicted molar refractivity (Wildman–Crippen MR) is 116 cm³/mol. The number of amides is 3. The fourth-order valence-corrected chi connectivity index (χ4v) is 3.07. The van der Waals surface area contributed by atoms with Gasteiger partial charge in [-0.1, -0.05) is 27.7 Å². The van der Waals surface area contributed by atoms with Gasteiger partial charge in [0.05, 0.1) is 12.1 Å². The molecule has 0 saturated heterocycles. The number of carbonyl (C=O) groups excluding carboxylic acids is 3. The molecule has 0 aromatic carbocycles. The van der Waals surface area contributed by atoms with Crippen LogP contribution in [0.25, 0.3) is 0 Å². The van der Waals surface area contributed by atoms with Crippen molar-refractivity contribution in [2.75, 3.05) is 12.0 Å². The molecule has 0 bridgehead atoms. The Hall–Kier alpha value is -1.85. The molecular weight excluding hydrogens is 412 g/mol. The van der Waals surface area contributed by atoms with Crippen LogP contribution in [-0.2, 0) is 19.2 Å². The van der Waals surface area contributed by atoms with Crippen LogP contribution in [-0.4, -0.2) is 76.2 Å². The molecule has 0 aromatic heterocycles. The van der Waals surface area contributed by atoms with Crippen molar-refractivity contribution in [1.29, 1.82) is 0 Å². The maximum atomic E-state index is 12.8. The summed E-state index contributed by atoms with van der Waals surface area (Å²) >= 11 is 1.55. The summed E-state index contributed by atoms with van der Waals surface area (Å²) in [6, 6.07) is -4.32. The minimum Gasteiger partial charge on any atom is -0.480 e. The molecule has 3 amide bonds. The summed E-state index contributed by atoms with van der Waals surface area (Å²) < 4.78 is 0. The number of aliphatic hydroxyl groups is 1. The van der Waals surface area contributed by atoms with Crippen molar-refractivity contribution in [1.82, 2.24) is 16.0 Å². The summed E-state index contributed by atoms with van der Waals surface area (Å²) in [6.45, 7) is 7.99. The number of aliphatic carboxylic acids is 1. The third kappa shape index (κ3) is 9.31. The Morgan fingerprint density at radius 1 is 0.833 bits per heavy atom. The highest BCUT2D eigenvalue weighted by Gasteiger charge is 2.34. The first-order valence-electron chi connectivity index (χ1n) is 9.89. The van der Waals surface area contributed by atoms with Crippen molar-refractivity contribution in [3.8, 4) is 0 Å². The van der Waals surface area contributed by atoms with Gasteiger partial charge in [-0.3, -0.25) is 14.4 Å². The monoisotopic (exact) mass is 448 g/mol. The molecule has 0 heterocycles. The van der Waals surface area contributed by atoms with Crippen molar-refractivity contribution < 1.29 is 29.4 Å². The maximum absolute atomic E-state index is 12.8. The topological polar surface area (TPSA) is 171 Å². The molecule has 30 heavy (non-hydrogen) atoms. The van der Waals surface area contributed by atoms with Gasteiger partial charge in [0.15, 0.2) is 0 Å². The minimum atomic E-state index is -1.39. The van der Waals surface area contributed by atoms with E-state index in [1.807, 2.05) is 6.26 Å². The lowest BCUT2D eigenvalue weighted by molar-refractivity contribution is -0.144. The number of thioether (sulfide) groups is 1.